The van der Waals surface area contributed by atoms with Gasteiger partial charge in [0.05, 0.1) is 6.04 Å². The third-order valence-electron chi connectivity index (χ3n) is 4.25. The summed E-state index contributed by atoms with van der Waals surface area (Å²) in [7, 11) is -2.18. The molecule has 0 radical (unpaired) electrons. The molecule has 1 heterocycles. The highest BCUT2D eigenvalue weighted by atomic mass is 32.2. The minimum absolute atomic E-state index is 0.280. The van der Waals surface area contributed by atoms with E-state index < -0.39 is 26.8 Å². The van der Waals surface area contributed by atoms with Crippen LogP contribution in [0.3, 0.4) is 0 Å². The van der Waals surface area contributed by atoms with Gasteiger partial charge in [-0.05, 0) is 51.4 Å². The van der Waals surface area contributed by atoms with Crippen molar-refractivity contribution < 1.29 is 17.6 Å². The number of benzene rings is 1. The Bertz CT molecular complexity index is 673. The first-order valence-electron chi connectivity index (χ1n) is 8.05. The number of nitrogens with one attached hydrogen (secondary N) is 2. The van der Waals surface area contributed by atoms with Gasteiger partial charge in [0.15, 0.2) is 0 Å². The van der Waals surface area contributed by atoms with E-state index in [4.69, 9.17) is 0 Å². The molecule has 1 aromatic rings. The van der Waals surface area contributed by atoms with Crippen LogP contribution in [0, 0.1) is 11.7 Å². The molecular formula is C16H24FN3O3S. The van der Waals surface area contributed by atoms with Crippen LogP contribution >= 0.6 is 0 Å². The lowest BCUT2D eigenvalue weighted by molar-refractivity contribution is -0.133. The highest BCUT2D eigenvalue weighted by molar-refractivity contribution is 7.89. The molecule has 1 unspecified atom stereocenters. The Morgan fingerprint density at radius 2 is 1.96 bits per heavy atom. The highest BCUT2D eigenvalue weighted by Crippen LogP contribution is 2.18. The van der Waals surface area contributed by atoms with Crippen molar-refractivity contribution in [3.8, 4) is 0 Å². The number of hydrogen-bond acceptors (Lipinski definition) is 4. The van der Waals surface area contributed by atoms with E-state index >= 15 is 0 Å². The largest absolute Gasteiger partial charge is 0.341 e. The van der Waals surface area contributed by atoms with Crippen molar-refractivity contribution in [2.45, 2.75) is 30.7 Å². The van der Waals surface area contributed by atoms with Gasteiger partial charge in [0.2, 0.25) is 15.9 Å². The van der Waals surface area contributed by atoms with Crippen LogP contribution in [0.4, 0.5) is 4.39 Å². The van der Waals surface area contributed by atoms with Crippen LogP contribution in [-0.2, 0) is 14.8 Å². The van der Waals surface area contributed by atoms with Crippen LogP contribution in [0.5, 0.6) is 0 Å². The van der Waals surface area contributed by atoms with Gasteiger partial charge in [-0.15, -0.1) is 0 Å². The zero-order valence-electron chi connectivity index (χ0n) is 14.0. The molecule has 8 heteroatoms. The Morgan fingerprint density at radius 1 is 1.33 bits per heavy atom. The molecule has 0 saturated carbocycles. The second-order valence-corrected chi connectivity index (χ2v) is 7.78. The fraction of sp³-hybridized carbons (Fsp3) is 0.562. The number of halogens is 1. The molecule has 1 amide bonds. The third kappa shape index (κ3) is 4.52. The molecule has 1 atom stereocenters. The van der Waals surface area contributed by atoms with Crippen LogP contribution in [0.15, 0.2) is 29.2 Å². The molecule has 2 N–H and O–H groups in total. The van der Waals surface area contributed by atoms with Crippen LogP contribution in [0.25, 0.3) is 0 Å². The Labute approximate surface area is 142 Å². The molecule has 0 spiro atoms. The minimum Gasteiger partial charge on any atom is -0.341 e. The van der Waals surface area contributed by atoms with Gasteiger partial charge in [0.1, 0.15) is 10.7 Å². The Balaban J connectivity index is 1.98. The average molecular weight is 357 g/mol. The van der Waals surface area contributed by atoms with Gasteiger partial charge in [-0.2, -0.15) is 4.72 Å². The summed E-state index contributed by atoms with van der Waals surface area (Å²) >= 11 is 0. The van der Waals surface area contributed by atoms with E-state index in [1.165, 1.54) is 25.1 Å². The Morgan fingerprint density at radius 3 is 2.54 bits per heavy atom. The summed E-state index contributed by atoms with van der Waals surface area (Å²) in [5.41, 5.74) is 0. The predicted molar refractivity (Wildman–Crippen MR) is 89.4 cm³/mol. The first-order valence-corrected chi connectivity index (χ1v) is 9.53. The zero-order valence-corrected chi connectivity index (χ0v) is 14.8. The van der Waals surface area contributed by atoms with Crippen LogP contribution in [-0.4, -0.2) is 51.9 Å². The maximum absolute atomic E-state index is 13.7. The Kier molecular flexibility index (Phi) is 6.31. The molecule has 1 aliphatic heterocycles. The van der Waals surface area contributed by atoms with E-state index in [-0.39, 0.29) is 5.91 Å². The smallest absolute Gasteiger partial charge is 0.244 e. The number of likely N-dealkylation sites (tertiary alicyclic amines) is 1. The second kappa shape index (κ2) is 8.04. The van der Waals surface area contributed by atoms with Crippen LogP contribution < -0.4 is 10.0 Å². The van der Waals surface area contributed by atoms with E-state index in [1.807, 2.05) is 7.05 Å². The van der Waals surface area contributed by atoms with Gasteiger partial charge in [0, 0.05) is 13.1 Å². The van der Waals surface area contributed by atoms with Crippen molar-refractivity contribution in [2.24, 2.45) is 5.92 Å². The van der Waals surface area contributed by atoms with Crippen molar-refractivity contribution in [1.29, 1.82) is 0 Å². The van der Waals surface area contributed by atoms with Crippen LogP contribution in [0.1, 0.15) is 19.8 Å². The topological polar surface area (TPSA) is 78.5 Å². The number of piperidine rings is 1. The van der Waals surface area contributed by atoms with Crippen molar-refractivity contribution in [1.82, 2.24) is 14.9 Å². The van der Waals surface area contributed by atoms with Gasteiger partial charge < -0.3 is 10.2 Å². The first kappa shape index (κ1) is 18.8. The third-order valence-corrected chi connectivity index (χ3v) is 5.82. The van der Waals surface area contributed by atoms with Gasteiger partial charge in [-0.25, -0.2) is 12.8 Å². The lowest BCUT2D eigenvalue weighted by Gasteiger charge is -2.33. The fourth-order valence-electron chi connectivity index (χ4n) is 2.93. The monoisotopic (exact) mass is 357 g/mol. The number of rotatable bonds is 6. The second-order valence-electron chi connectivity index (χ2n) is 6.10. The number of carbonyl (C=O) groups excluding carboxylic acids is 1. The number of carbonyl (C=O) groups is 1. The van der Waals surface area contributed by atoms with Gasteiger partial charge in [-0.1, -0.05) is 12.1 Å². The molecule has 1 saturated heterocycles. The quantitative estimate of drug-likeness (QED) is 0.795. The van der Waals surface area contributed by atoms with Gasteiger partial charge >= 0.3 is 0 Å². The summed E-state index contributed by atoms with van der Waals surface area (Å²) < 4.78 is 40.5. The molecule has 1 fully saturated rings. The number of amides is 1. The summed E-state index contributed by atoms with van der Waals surface area (Å²) in [6, 6.07) is 4.18. The molecule has 1 aromatic carbocycles. The SMILES string of the molecule is CNCC1CCN(C(=O)C(C)NS(=O)(=O)c2ccccc2F)CC1. The van der Waals surface area contributed by atoms with Crippen molar-refractivity contribution in [3.05, 3.63) is 30.1 Å². The van der Waals surface area contributed by atoms with E-state index in [0.29, 0.717) is 19.0 Å². The van der Waals surface area contributed by atoms with Gasteiger partial charge in [-0.3, -0.25) is 4.79 Å². The zero-order chi connectivity index (χ0) is 17.7. The maximum atomic E-state index is 13.7. The molecule has 0 aromatic heterocycles. The lowest BCUT2D eigenvalue weighted by Crippen LogP contribution is -2.49. The summed E-state index contributed by atoms with van der Waals surface area (Å²) in [6.07, 6.45) is 1.78. The van der Waals surface area contributed by atoms with Crippen LogP contribution in [0.2, 0.25) is 0 Å². The van der Waals surface area contributed by atoms with E-state index in [0.717, 1.165) is 25.5 Å². The first-order chi connectivity index (χ1) is 11.3. The average Bonchev–Trinajstić information content (AvgIpc) is 2.55. The number of nitrogens with zero attached hydrogens (tertiary/aromatic N) is 1. The van der Waals surface area contributed by atoms with Crippen molar-refractivity contribution in [3.63, 3.8) is 0 Å². The molecular weight excluding hydrogens is 333 g/mol. The molecule has 2 rings (SSSR count). The standard InChI is InChI=1S/C16H24FN3O3S/c1-12(16(21)20-9-7-13(8-10-20)11-18-2)19-24(22,23)15-6-4-3-5-14(15)17/h3-6,12-13,18-19H,7-11H2,1-2H3. The molecule has 0 bridgehead atoms. The Hall–Kier alpha value is -1.51. The highest BCUT2D eigenvalue weighted by Gasteiger charge is 2.29. The molecule has 134 valence electrons. The minimum atomic E-state index is -4.08. The fourth-order valence-corrected chi connectivity index (χ4v) is 4.21. The van der Waals surface area contributed by atoms with Gasteiger partial charge in [0.25, 0.3) is 0 Å². The molecule has 6 nitrogen and oxygen atoms in total. The summed E-state index contributed by atoms with van der Waals surface area (Å²) in [4.78, 5) is 13.7. The summed E-state index contributed by atoms with van der Waals surface area (Å²) in [6.45, 7) is 3.62. The van der Waals surface area contributed by atoms with E-state index in [2.05, 4.69) is 10.0 Å². The van der Waals surface area contributed by atoms with E-state index in [9.17, 15) is 17.6 Å². The molecule has 1 aliphatic rings. The summed E-state index contributed by atoms with van der Waals surface area (Å²) in [5.74, 6) is -0.584. The lowest BCUT2D eigenvalue weighted by atomic mass is 9.96. The maximum Gasteiger partial charge on any atom is 0.244 e. The molecule has 0 aliphatic carbocycles. The number of hydrogen-bond donors (Lipinski definition) is 2. The molecule has 24 heavy (non-hydrogen) atoms. The summed E-state index contributed by atoms with van der Waals surface area (Å²) in [5, 5.41) is 3.13. The van der Waals surface area contributed by atoms with Crippen molar-refractivity contribution >= 4 is 15.9 Å². The number of sulfonamides is 1. The normalized spacial score (nSPS) is 17.7. The predicted octanol–water partition coefficient (Wildman–Crippen LogP) is 0.950. The van der Waals surface area contributed by atoms with Crippen molar-refractivity contribution in [2.75, 3.05) is 26.7 Å². The van der Waals surface area contributed by atoms with E-state index in [1.54, 1.807) is 4.90 Å².